The van der Waals surface area contributed by atoms with Gasteiger partial charge in [-0.2, -0.15) is 0 Å². The predicted molar refractivity (Wildman–Crippen MR) is 84.1 cm³/mol. The molecule has 3 unspecified atom stereocenters. The summed E-state index contributed by atoms with van der Waals surface area (Å²) >= 11 is 0. The standard InChI is InChI=1S/C17H26N2O2/c1-3-21-15-9-7-13(8-10-15)12(2)19-17(20)16-6-4-5-14(16)11-18/h7-10,12,14,16H,3-6,11,18H2,1-2H3,(H,19,20). The van der Waals surface area contributed by atoms with Gasteiger partial charge in [-0.25, -0.2) is 0 Å². The number of hydrogen-bond donors (Lipinski definition) is 2. The Bertz CT molecular complexity index is 458. The second kappa shape index (κ2) is 7.46. The molecule has 4 nitrogen and oxygen atoms in total. The Morgan fingerprint density at radius 3 is 2.71 bits per heavy atom. The van der Waals surface area contributed by atoms with Crippen molar-refractivity contribution in [3.05, 3.63) is 29.8 Å². The zero-order chi connectivity index (χ0) is 15.2. The van der Waals surface area contributed by atoms with Crippen molar-refractivity contribution in [3.8, 4) is 5.75 Å². The van der Waals surface area contributed by atoms with Crippen LogP contribution in [0.2, 0.25) is 0 Å². The SMILES string of the molecule is CCOc1ccc(C(C)NC(=O)C2CCCC2CN)cc1. The van der Waals surface area contributed by atoms with Crippen molar-refractivity contribution in [2.45, 2.75) is 39.2 Å². The fourth-order valence-corrected chi connectivity index (χ4v) is 3.09. The van der Waals surface area contributed by atoms with E-state index in [4.69, 9.17) is 10.5 Å². The molecule has 116 valence electrons. The van der Waals surface area contributed by atoms with Gasteiger partial charge < -0.3 is 15.8 Å². The molecule has 3 N–H and O–H groups in total. The average molecular weight is 290 g/mol. The number of rotatable bonds is 6. The summed E-state index contributed by atoms with van der Waals surface area (Å²) in [7, 11) is 0. The zero-order valence-electron chi connectivity index (χ0n) is 13.0. The van der Waals surface area contributed by atoms with Crippen molar-refractivity contribution >= 4 is 5.91 Å². The average Bonchev–Trinajstić information content (AvgIpc) is 2.97. The summed E-state index contributed by atoms with van der Waals surface area (Å²) in [4.78, 5) is 12.4. The first kappa shape index (κ1) is 15.8. The lowest BCUT2D eigenvalue weighted by molar-refractivity contribution is -0.126. The van der Waals surface area contributed by atoms with Crippen LogP contribution in [0, 0.1) is 11.8 Å². The number of ether oxygens (including phenoxy) is 1. The van der Waals surface area contributed by atoms with Crippen LogP contribution in [0.15, 0.2) is 24.3 Å². The lowest BCUT2D eigenvalue weighted by Crippen LogP contribution is -2.36. The van der Waals surface area contributed by atoms with E-state index in [0.717, 1.165) is 30.6 Å². The Balaban J connectivity index is 1.94. The molecule has 0 radical (unpaired) electrons. The Morgan fingerprint density at radius 1 is 1.38 bits per heavy atom. The molecule has 1 aromatic rings. The van der Waals surface area contributed by atoms with Crippen LogP contribution in [0.1, 0.15) is 44.7 Å². The highest BCUT2D eigenvalue weighted by atomic mass is 16.5. The summed E-state index contributed by atoms with van der Waals surface area (Å²) in [6, 6.07) is 7.90. The third-order valence-corrected chi connectivity index (χ3v) is 4.35. The third-order valence-electron chi connectivity index (χ3n) is 4.35. The molecule has 0 aromatic heterocycles. The van der Waals surface area contributed by atoms with Crippen LogP contribution in [-0.4, -0.2) is 19.1 Å². The minimum absolute atomic E-state index is 0.00667. The Hall–Kier alpha value is -1.55. The summed E-state index contributed by atoms with van der Waals surface area (Å²) in [6.45, 7) is 5.25. The number of hydrogen-bond acceptors (Lipinski definition) is 3. The molecule has 0 bridgehead atoms. The van der Waals surface area contributed by atoms with Gasteiger partial charge in [0.25, 0.3) is 0 Å². The van der Waals surface area contributed by atoms with E-state index >= 15 is 0 Å². The Labute approximate surface area is 127 Å². The van der Waals surface area contributed by atoms with Gasteiger partial charge in [0.1, 0.15) is 5.75 Å². The highest BCUT2D eigenvalue weighted by molar-refractivity contribution is 5.79. The van der Waals surface area contributed by atoms with Crippen LogP contribution in [0.5, 0.6) is 5.75 Å². The number of nitrogens with two attached hydrogens (primary N) is 1. The maximum atomic E-state index is 12.4. The van der Waals surface area contributed by atoms with Crippen LogP contribution < -0.4 is 15.8 Å². The molecule has 0 spiro atoms. The van der Waals surface area contributed by atoms with E-state index in [1.165, 1.54) is 0 Å². The zero-order valence-corrected chi connectivity index (χ0v) is 13.0. The van der Waals surface area contributed by atoms with E-state index in [0.29, 0.717) is 19.1 Å². The van der Waals surface area contributed by atoms with E-state index in [2.05, 4.69) is 5.32 Å². The largest absolute Gasteiger partial charge is 0.494 e. The van der Waals surface area contributed by atoms with Crippen molar-refractivity contribution in [1.29, 1.82) is 0 Å². The minimum atomic E-state index is 0.00667. The molecule has 3 atom stereocenters. The second-order valence-electron chi connectivity index (χ2n) is 5.77. The van der Waals surface area contributed by atoms with Crippen molar-refractivity contribution in [1.82, 2.24) is 5.32 Å². The van der Waals surface area contributed by atoms with Gasteiger partial charge in [-0.3, -0.25) is 4.79 Å². The molecule has 1 aliphatic carbocycles. The highest BCUT2D eigenvalue weighted by Gasteiger charge is 2.32. The molecule has 0 heterocycles. The monoisotopic (exact) mass is 290 g/mol. The number of carbonyl (C=O) groups is 1. The maximum absolute atomic E-state index is 12.4. The fraction of sp³-hybridized carbons (Fsp3) is 0.588. The van der Waals surface area contributed by atoms with Crippen LogP contribution >= 0.6 is 0 Å². The van der Waals surface area contributed by atoms with Gasteiger partial charge in [0, 0.05) is 5.92 Å². The van der Waals surface area contributed by atoms with Gasteiger partial charge in [0.2, 0.25) is 5.91 Å². The van der Waals surface area contributed by atoms with Gasteiger partial charge >= 0.3 is 0 Å². The summed E-state index contributed by atoms with van der Waals surface area (Å²) in [6.07, 6.45) is 3.15. The third kappa shape index (κ3) is 3.97. The van der Waals surface area contributed by atoms with Gasteiger partial charge in [-0.15, -0.1) is 0 Å². The normalized spacial score (nSPS) is 22.8. The maximum Gasteiger partial charge on any atom is 0.223 e. The molecule has 2 rings (SSSR count). The van der Waals surface area contributed by atoms with Crippen LogP contribution in [0.4, 0.5) is 0 Å². The van der Waals surface area contributed by atoms with E-state index < -0.39 is 0 Å². The molecule has 1 saturated carbocycles. The molecule has 0 aliphatic heterocycles. The van der Waals surface area contributed by atoms with Gasteiger partial charge in [-0.1, -0.05) is 18.6 Å². The quantitative estimate of drug-likeness (QED) is 0.846. The number of benzene rings is 1. The summed E-state index contributed by atoms with van der Waals surface area (Å²) in [5, 5.41) is 3.12. The number of amides is 1. The smallest absolute Gasteiger partial charge is 0.223 e. The summed E-state index contributed by atoms with van der Waals surface area (Å²) in [5.41, 5.74) is 6.85. The van der Waals surface area contributed by atoms with Crippen molar-refractivity contribution in [2.75, 3.05) is 13.2 Å². The van der Waals surface area contributed by atoms with Crippen LogP contribution in [0.3, 0.4) is 0 Å². The molecule has 21 heavy (non-hydrogen) atoms. The van der Waals surface area contributed by atoms with Gasteiger partial charge in [0.05, 0.1) is 12.6 Å². The molecule has 1 amide bonds. The lowest BCUT2D eigenvalue weighted by Gasteiger charge is -2.21. The van der Waals surface area contributed by atoms with Gasteiger partial charge in [-0.05, 0) is 56.8 Å². The van der Waals surface area contributed by atoms with Crippen molar-refractivity contribution in [2.24, 2.45) is 17.6 Å². The molecule has 1 fully saturated rings. The van der Waals surface area contributed by atoms with E-state index in [1.807, 2.05) is 38.1 Å². The van der Waals surface area contributed by atoms with E-state index in [9.17, 15) is 4.79 Å². The molecular formula is C17H26N2O2. The second-order valence-corrected chi connectivity index (χ2v) is 5.77. The first-order valence-corrected chi connectivity index (χ1v) is 7.89. The first-order chi connectivity index (χ1) is 10.2. The molecule has 0 saturated heterocycles. The topological polar surface area (TPSA) is 64.3 Å². The Morgan fingerprint density at radius 2 is 2.10 bits per heavy atom. The summed E-state index contributed by atoms with van der Waals surface area (Å²) < 4.78 is 5.43. The lowest BCUT2D eigenvalue weighted by atomic mass is 9.94. The molecule has 1 aromatic carbocycles. The Kier molecular flexibility index (Phi) is 5.62. The van der Waals surface area contributed by atoms with Crippen LogP contribution in [-0.2, 0) is 4.79 Å². The van der Waals surface area contributed by atoms with E-state index in [1.54, 1.807) is 0 Å². The first-order valence-electron chi connectivity index (χ1n) is 7.89. The predicted octanol–water partition coefficient (Wildman–Crippen LogP) is 2.64. The fourth-order valence-electron chi connectivity index (χ4n) is 3.09. The van der Waals surface area contributed by atoms with Crippen molar-refractivity contribution in [3.63, 3.8) is 0 Å². The minimum Gasteiger partial charge on any atom is -0.494 e. The summed E-state index contributed by atoms with van der Waals surface area (Å²) in [5.74, 6) is 1.43. The number of nitrogens with one attached hydrogen (secondary N) is 1. The highest BCUT2D eigenvalue weighted by Crippen LogP contribution is 2.31. The van der Waals surface area contributed by atoms with Crippen molar-refractivity contribution < 1.29 is 9.53 Å². The number of carbonyl (C=O) groups excluding carboxylic acids is 1. The van der Waals surface area contributed by atoms with Gasteiger partial charge in [0.15, 0.2) is 0 Å². The van der Waals surface area contributed by atoms with E-state index in [-0.39, 0.29) is 17.9 Å². The molecule has 1 aliphatic rings. The van der Waals surface area contributed by atoms with Crippen LogP contribution in [0.25, 0.3) is 0 Å². The molecule has 4 heteroatoms. The molecular weight excluding hydrogens is 264 g/mol.